The van der Waals surface area contributed by atoms with E-state index in [0.29, 0.717) is 36.4 Å². The van der Waals surface area contributed by atoms with Gasteiger partial charge in [-0.05, 0) is 43.6 Å². The van der Waals surface area contributed by atoms with Gasteiger partial charge in [0.15, 0.2) is 11.9 Å². The predicted octanol–water partition coefficient (Wildman–Crippen LogP) is 2.20. The molecule has 2 fully saturated rings. The molecule has 2 heterocycles. The average Bonchev–Trinajstić information content (AvgIpc) is 3.12. The molecule has 0 N–H and O–H groups in total. The smallest absolute Gasteiger partial charge is 0.310 e. The molecule has 6 nitrogen and oxygen atoms in total. The number of nitrogens with zero attached hydrogens (tertiary/aromatic N) is 1. The van der Waals surface area contributed by atoms with Crippen molar-refractivity contribution in [1.29, 1.82) is 0 Å². The van der Waals surface area contributed by atoms with Crippen molar-refractivity contribution in [2.45, 2.75) is 48.8 Å². The Kier molecular flexibility index (Phi) is 5.36. The summed E-state index contributed by atoms with van der Waals surface area (Å²) in [5.41, 5.74) is 0. The van der Waals surface area contributed by atoms with Crippen molar-refractivity contribution >= 4 is 33.1 Å². The van der Waals surface area contributed by atoms with E-state index in [0.717, 1.165) is 12.8 Å². The lowest BCUT2D eigenvalue weighted by molar-refractivity contribution is -0.161. The van der Waals surface area contributed by atoms with Crippen molar-refractivity contribution in [1.82, 2.24) is 4.31 Å². The van der Waals surface area contributed by atoms with Gasteiger partial charge >= 0.3 is 5.97 Å². The fraction of sp³-hybridized carbons (Fsp3) is 0.625. The molecule has 1 saturated heterocycles. The molecule has 3 rings (SSSR count). The molecule has 8 heteroatoms. The van der Waals surface area contributed by atoms with Crippen LogP contribution >= 0.6 is 11.3 Å². The third-order valence-corrected chi connectivity index (χ3v) is 7.80. The molecule has 0 spiro atoms. The highest BCUT2D eigenvalue weighted by molar-refractivity contribution is 7.91. The van der Waals surface area contributed by atoms with Crippen LogP contribution in [0.2, 0.25) is 0 Å². The number of piperidine rings is 1. The van der Waals surface area contributed by atoms with Gasteiger partial charge in [-0.3, -0.25) is 9.59 Å². The van der Waals surface area contributed by atoms with Gasteiger partial charge in [0.05, 0.1) is 5.92 Å². The second-order valence-electron chi connectivity index (χ2n) is 6.27. The van der Waals surface area contributed by atoms with Gasteiger partial charge in [-0.15, -0.1) is 11.3 Å². The summed E-state index contributed by atoms with van der Waals surface area (Å²) in [6.45, 7) is 0.534. The van der Waals surface area contributed by atoms with Crippen molar-refractivity contribution < 1.29 is 22.7 Å². The number of hydrogen-bond acceptors (Lipinski definition) is 6. The maximum Gasteiger partial charge on any atom is 0.310 e. The minimum Gasteiger partial charge on any atom is -0.454 e. The van der Waals surface area contributed by atoms with Crippen LogP contribution in [0.4, 0.5) is 0 Å². The number of Topliss-reactive ketones (excluding diaryl/α,β-unsaturated/α-hetero) is 1. The molecule has 1 aromatic heterocycles. The monoisotopic (exact) mass is 371 g/mol. The Balaban J connectivity index is 1.65. The molecule has 0 aromatic carbocycles. The molecule has 1 aliphatic carbocycles. The number of sulfonamides is 1. The average molecular weight is 371 g/mol. The fourth-order valence-corrected chi connectivity index (χ4v) is 5.87. The van der Waals surface area contributed by atoms with Crippen molar-refractivity contribution in [2.24, 2.45) is 5.92 Å². The van der Waals surface area contributed by atoms with E-state index in [4.69, 9.17) is 4.74 Å². The van der Waals surface area contributed by atoms with Crippen LogP contribution in [0.5, 0.6) is 0 Å². The molecule has 0 bridgehead atoms. The van der Waals surface area contributed by atoms with E-state index in [1.807, 2.05) is 0 Å². The maximum atomic E-state index is 12.6. The second kappa shape index (κ2) is 7.33. The highest BCUT2D eigenvalue weighted by atomic mass is 32.2. The number of hydrogen-bond donors (Lipinski definition) is 0. The number of rotatable bonds is 4. The van der Waals surface area contributed by atoms with E-state index in [2.05, 4.69) is 0 Å². The standard InChI is InChI=1S/C16H21NO5S2/c18-13-6-1-2-7-14(13)22-16(19)12-5-3-9-17(11-12)24(20,21)15-8-4-10-23-15/h4,8,10,12,14H,1-3,5-7,9,11H2/t12-,14+/m1/s1. The van der Waals surface area contributed by atoms with Gasteiger partial charge < -0.3 is 4.74 Å². The zero-order valence-corrected chi connectivity index (χ0v) is 15.0. The summed E-state index contributed by atoms with van der Waals surface area (Å²) in [5, 5.41) is 1.72. The summed E-state index contributed by atoms with van der Waals surface area (Å²) < 4.78 is 32.2. The van der Waals surface area contributed by atoms with E-state index in [9.17, 15) is 18.0 Å². The molecular formula is C16H21NO5S2. The van der Waals surface area contributed by atoms with Crippen LogP contribution in [-0.4, -0.2) is 43.7 Å². The van der Waals surface area contributed by atoms with Crippen LogP contribution in [0.25, 0.3) is 0 Å². The maximum absolute atomic E-state index is 12.6. The van der Waals surface area contributed by atoms with Gasteiger partial charge in [-0.25, -0.2) is 8.42 Å². The number of thiophene rings is 1. The lowest BCUT2D eigenvalue weighted by atomic mass is 9.95. The third kappa shape index (κ3) is 3.70. The minimum absolute atomic E-state index is 0.0199. The summed E-state index contributed by atoms with van der Waals surface area (Å²) in [4.78, 5) is 24.2. The molecule has 132 valence electrons. The van der Waals surface area contributed by atoms with Crippen molar-refractivity contribution in [3.63, 3.8) is 0 Å². The van der Waals surface area contributed by atoms with E-state index in [-0.39, 0.29) is 12.3 Å². The zero-order chi connectivity index (χ0) is 17.2. The Hall–Kier alpha value is -1.25. The Bertz CT molecular complexity index is 698. The van der Waals surface area contributed by atoms with Crippen LogP contribution < -0.4 is 0 Å². The molecule has 0 unspecified atom stereocenters. The summed E-state index contributed by atoms with van der Waals surface area (Å²) in [7, 11) is -3.55. The van der Waals surface area contributed by atoms with Crippen molar-refractivity contribution in [3.8, 4) is 0 Å². The first-order valence-corrected chi connectivity index (χ1v) is 10.6. The highest BCUT2D eigenvalue weighted by Gasteiger charge is 2.36. The minimum atomic E-state index is -3.55. The third-order valence-electron chi connectivity index (χ3n) is 4.56. The molecule has 24 heavy (non-hydrogen) atoms. The lowest BCUT2D eigenvalue weighted by Gasteiger charge is -2.31. The van der Waals surface area contributed by atoms with Crippen LogP contribution in [0, 0.1) is 5.92 Å². The molecular weight excluding hydrogens is 350 g/mol. The van der Waals surface area contributed by atoms with Crippen LogP contribution in [0.3, 0.4) is 0 Å². The second-order valence-corrected chi connectivity index (χ2v) is 9.38. The number of esters is 1. The quantitative estimate of drug-likeness (QED) is 0.758. The van der Waals surface area contributed by atoms with Crippen LogP contribution in [0.15, 0.2) is 21.7 Å². The first-order valence-electron chi connectivity index (χ1n) is 8.25. The summed E-state index contributed by atoms with van der Waals surface area (Å²) in [6.07, 6.45) is 3.33. The Morgan fingerprint density at radius 2 is 2.08 bits per heavy atom. The number of carbonyl (C=O) groups is 2. The fourth-order valence-electron chi connectivity index (χ4n) is 3.20. The van der Waals surface area contributed by atoms with E-state index < -0.39 is 28.0 Å². The molecule has 2 atom stereocenters. The van der Waals surface area contributed by atoms with Gasteiger partial charge in [0.2, 0.25) is 0 Å². The topological polar surface area (TPSA) is 80.8 Å². The van der Waals surface area contributed by atoms with Gasteiger partial charge in [0.25, 0.3) is 10.0 Å². The van der Waals surface area contributed by atoms with Crippen LogP contribution in [0.1, 0.15) is 38.5 Å². The van der Waals surface area contributed by atoms with Crippen molar-refractivity contribution in [3.05, 3.63) is 17.5 Å². The molecule has 0 amide bonds. The number of carbonyl (C=O) groups excluding carboxylic acids is 2. The largest absolute Gasteiger partial charge is 0.454 e. The summed E-state index contributed by atoms with van der Waals surface area (Å²) in [5.74, 6) is -0.960. The van der Waals surface area contributed by atoms with E-state index in [1.165, 1.54) is 15.6 Å². The van der Waals surface area contributed by atoms with Gasteiger partial charge in [0, 0.05) is 19.5 Å². The Morgan fingerprint density at radius 3 is 2.79 bits per heavy atom. The van der Waals surface area contributed by atoms with Crippen molar-refractivity contribution in [2.75, 3.05) is 13.1 Å². The normalized spacial score (nSPS) is 26.2. The number of ketones is 1. The Labute approximate surface area is 145 Å². The van der Waals surface area contributed by atoms with E-state index >= 15 is 0 Å². The molecule has 1 saturated carbocycles. The summed E-state index contributed by atoms with van der Waals surface area (Å²) >= 11 is 1.17. The van der Waals surface area contributed by atoms with Gasteiger partial charge in [-0.1, -0.05) is 6.07 Å². The molecule has 1 aliphatic heterocycles. The van der Waals surface area contributed by atoms with Crippen LogP contribution in [-0.2, 0) is 24.3 Å². The summed E-state index contributed by atoms with van der Waals surface area (Å²) in [6, 6.07) is 3.27. The first kappa shape index (κ1) is 17.6. The first-order chi connectivity index (χ1) is 11.5. The number of ether oxygens (including phenoxy) is 1. The lowest BCUT2D eigenvalue weighted by Crippen LogP contribution is -2.43. The van der Waals surface area contributed by atoms with E-state index in [1.54, 1.807) is 17.5 Å². The molecule has 0 radical (unpaired) electrons. The zero-order valence-electron chi connectivity index (χ0n) is 13.3. The molecule has 1 aromatic rings. The SMILES string of the molecule is O=C(O[C@H]1CCCCC1=O)[C@@H]1CCCN(S(=O)(=O)c2cccs2)C1. The molecule has 2 aliphatic rings. The Morgan fingerprint density at radius 1 is 1.25 bits per heavy atom. The van der Waals surface area contributed by atoms with Gasteiger partial charge in [0.1, 0.15) is 4.21 Å². The van der Waals surface area contributed by atoms with Gasteiger partial charge in [-0.2, -0.15) is 4.31 Å². The predicted molar refractivity (Wildman–Crippen MR) is 89.2 cm³/mol. The highest BCUT2D eigenvalue weighted by Crippen LogP contribution is 2.28.